The number of carbonyl (C=O) groups is 1. The van der Waals surface area contributed by atoms with Gasteiger partial charge in [-0.2, -0.15) is 0 Å². The summed E-state index contributed by atoms with van der Waals surface area (Å²) in [6.45, 7) is 3.95. The van der Waals surface area contributed by atoms with E-state index >= 15 is 0 Å². The van der Waals surface area contributed by atoms with Crippen molar-refractivity contribution in [1.29, 1.82) is 0 Å². The fraction of sp³-hybridized carbons (Fsp3) is 0.417. The monoisotopic (exact) mass is 267 g/mol. The predicted octanol–water partition coefficient (Wildman–Crippen LogP) is 0.900. The second-order valence-electron chi connectivity index (χ2n) is 4.59. The lowest BCUT2D eigenvalue weighted by molar-refractivity contribution is -0.385. The summed E-state index contributed by atoms with van der Waals surface area (Å²) in [5, 5.41) is 22.9. The molecule has 0 radical (unpaired) electrons. The van der Waals surface area contributed by atoms with Crippen LogP contribution in [0.4, 0.5) is 5.69 Å². The molecule has 7 nitrogen and oxygen atoms in total. The predicted molar refractivity (Wildman–Crippen MR) is 69.4 cm³/mol. The Labute approximate surface area is 110 Å². The number of phenols is 1. The number of nitrogens with two attached hydrogens (primary N) is 1. The van der Waals surface area contributed by atoms with E-state index in [4.69, 9.17) is 5.73 Å². The van der Waals surface area contributed by atoms with Gasteiger partial charge in [-0.15, -0.1) is 0 Å². The van der Waals surface area contributed by atoms with Crippen LogP contribution in [0.5, 0.6) is 5.75 Å². The van der Waals surface area contributed by atoms with Crippen LogP contribution in [0.15, 0.2) is 18.2 Å². The van der Waals surface area contributed by atoms with Crippen LogP contribution in [0.2, 0.25) is 0 Å². The van der Waals surface area contributed by atoms with E-state index in [2.05, 4.69) is 5.32 Å². The first kappa shape index (κ1) is 14.9. The van der Waals surface area contributed by atoms with Crippen LogP contribution in [-0.2, 0) is 11.3 Å². The topological polar surface area (TPSA) is 118 Å². The van der Waals surface area contributed by atoms with Gasteiger partial charge >= 0.3 is 5.69 Å². The van der Waals surface area contributed by atoms with Gasteiger partial charge in [-0.05, 0) is 17.5 Å². The molecule has 1 unspecified atom stereocenters. The molecule has 0 heterocycles. The third kappa shape index (κ3) is 3.92. The summed E-state index contributed by atoms with van der Waals surface area (Å²) in [7, 11) is 0. The maximum absolute atomic E-state index is 11.2. The van der Waals surface area contributed by atoms with Crippen LogP contribution in [0.3, 0.4) is 0 Å². The molecule has 1 aromatic carbocycles. The molecule has 0 aliphatic carbocycles. The van der Waals surface area contributed by atoms with Crippen molar-refractivity contribution in [1.82, 2.24) is 5.32 Å². The molecule has 104 valence electrons. The third-order valence-electron chi connectivity index (χ3n) is 2.74. The number of nitro groups is 1. The first-order valence-corrected chi connectivity index (χ1v) is 5.82. The highest BCUT2D eigenvalue weighted by atomic mass is 16.6. The largest absolute Gasteiger partial charge is 0.502 e. The summed E-state index contributed by atoms with van der Waals surface area (Å²) >= 11 is 0. The van der Waals surface area contributed by atoms with Crippen LogP contribution in [-0.4, -0.2) is 22.0 Å². The number of hydrogen-bond acceptors (Lipinski definition) is 5. The van der Waals surface area contributed by atoms with Crippen LogP contribution in [0, 0.1) is 16.0 Å². The highest BCUT2D eigenvalue weighted by molar-refractivity contribution is 5.80. The number of nitrogens with one attached hydrogen (secondary N) is 1. The number of amides is 1. The lowest BCUT2D eigenvalue weighted by Crippen LogP contribution is -2.44. The van der Waals surface area contributed by atoms with E-state index in [1.165, 1.54) is 12.1 Å². The Hall–Kier alpha value is -2.15. The number of benzene rings is 1. The average molecular weight is 267 g/mol. The molecule has 0 bridgehead atoms. The van der Waals surface area contributed by atoms with Crippen molar-refractivity contribution in [3.63, 3.8) is 0 Å². The quantitative estimate of drug-likeness (QED) is 0.522. The lowest BCUT2D eigenvalue weighted by atomic mass is 10.0. The molecular weight excluding hydrogens is 250 g/mol. The van der Waals surface area contributed by atoms with Crippen LogP contribution < -0.4 is 11.1 Å². The Kier molecular flexibility index (Phi) is 4.82. The van der Waals surface area contributed by atoms with Crippen molar-refractivity contribution in [3.05, 3.63) is 33.9 Å². The van der Waals surface area contributed by atoms with E-state index in [0.717, 1.165) is 0 Å². The molecule has 7 heteroatoms. The molecule has 0 saturated heterocycles. The Bertz CT molecular complexity index is 488. The molecule has 0 aliphatic heterocycles. The number of phenolic OH excluding ortho intramolecular Hbond substituents is 1. The molecule has 4 N–H and O–H groups in total. The second kappa shape index (κ2) is 6.14. The van der Waals surface area contributed by atoms with E-state index in [9.17, 15) is 20.0 Å². The van der Waals surface area contributed by atoms with Gasteiger partial charge < -0.3 is 16.2 Å². The second-order valence-corrected chi connectivity index (χ2v) is 4.59. The summed E-state index contributed by atoms with van der Waals surface area (Å²) in [6.07, 6.45) is 0. The summed E-state index contributed by atoms with van der Waals surface area (Å²) < 4.78 is 0. The van der Waals surface area contributed by atoms with Gasteiger partial charge in [-0.25, -0.2) is 0 Å². The van der Waals surface area contributed by atoms with Crippen LogP contribution in [0.25, 0.3) is 0 Å². The lowest BCUT2D eigenvalue weighted by Gasteiger charge is -2.18. The average Bonchev–Trinajstić information content (AvgIpc) is 2.30. The molecule has 1 atom stereocenters. The molecule has 0 aromatic heterocycles. The first-order valence-electron chi connectivity index (χ1n) is 5.82. The SMILES string of the molecule is CC(C)C(NCc1ccc(O)c([N+](=O)[O-])c1)C(N)=O. The van der Waals surface area contributed by atoms with Crippen LogP contribution in [0.1, 0.15) is 19.4 Å². The standard InChI is InChI=1S/C12H17N3O4/c1-7(2)11(12(13)17)14-6-8-3-4-10(16)9(5-8)15(18)19/h3-5,7,11,14,16H,6H2,1-2H3,(H2,13,17). The van der Waals surface area contributed by atoms with Gasteiger partial charge in [-0.1, -0.05) is 19.9 Å². The molecule has 0 aliphatic rings. The molecule has 19 heavy (non-hydrogen) atoms. The zero-order chi connectivity index (χ0) is 14.6. The molecule has 0 fully saturated rings. The van der Waals surface area contributed by atoms with Gasteiger partial charge in [0.05, 0.1) is 11.0 Å². The highest BCUT2D eigenvalue weighted by Gasteiger charge is 2.19. The van der Waals surface area contributed by atoms with Crippen LogP contribution >= 0.6 is 0 Å². The number of hydrogen-bond donors (Lipinski definition) is 3. The van der Waals surface area contributed by atoms with Crippen molar-refractivity contribution in [2.75, 3.05) is 0 Å². The smallest absolute Gasteiger partial charge is 0.311 e. The zero-order valence-corrected chi connectivity index (χ0v) is 10.8. The number of nitro benzene ring substituents is 1. The third-order valence-corrected chi connectivity index (χ3v) is 2.74. The molecule has 1 aromatic rings. The highest BCUT2D eigenvalue weighted by Crippen LogP contribution is 2.26. The normalized spacial score (nSPS) is 12.4. The van der Waals surface area contributed by atoms with Crippen molar-refractivity contribution in [2.24, 2.45) is 11.7 Å². The first-order chi connectivity index (χ1) is 8.82. The van der Waals surface area contributed by atoms with Gasteiger partial charge in [-0.3, -0.25) is 14.9 Å². The summed E-state index contributed by atoms with van der Waals surface area (Å²) in [5.41, 5.74) is 5.49. The van der Waals surface area contributed by atoms with Gasteiger partial charge in [0, 0.05) is 12.6 Å². The van der Waals surface area contributed by atoms with Crippen molar-refractivity contribution >= 4 is 11.6 Å². The van der Waals surface area contributed by atoms with Crippen molar-refractivity contribution in [2.45, 2.75) is 26.4 Å². The number of nitrogens with zero attached hydrogens (tertiary/aromatic N) is 1. The molecule has 1 amide bonds. The van der Waals surface area contributed by atoms with E-state index in [0.29, 0.717) is 5.56 Å². The molecule has 1 rings (SSSR count). The maximum Gasteiger partial charge on any atom is 0.311 e. The van der Waals surface area contributed by atoms with E-state index in [-0.39, 0.29) is 23.9 Å². The fourth-order valence-corrected chi connectivity index (χ4v) is 1.72. The van der Waals surface area contributed by atoms with E-state index in [1.54, 1.807) is 6.07 Å². The fourth-order valence-electron chi connectivity index (χ4n) is 1.72. The van der Waals surface area contributed by atoms with Crippen molar-refractivity contribution in [3.8, 4) is 5.75 Å². The minimum atomic E-state index is -0.660. The number of rotatable bonds is 6. The van der Waals surface area contributed by atoms with Gasteiger partial charge in [0.1, 0.15) is 0 Å². The van der Waals surface area contributed by atoms with Crippen molar-refractivity contribution < 1.29 is 14.8 Å². The molecular formula is C12H17N3O4. The summed E-state index contributed by atoms with van der Waals surface area (Å²) in [6, 6.07) is 3.56. The molecule has 0 saturated carbocycles. The van der Waals surface area contributed by atoms with Gasteiger partial charge in [0.25, 0.3) is 0 Å². The number of aromatic hydroxyl groups is 1. The van der Waals surface area contributed by atoms with E-state index in [1.807, 2.05) is 13.8 Å². The van der Waals surface area contributed by atoms with E-state index < -0.39 is 16.9 Å². The molecule has 0 spiro atoms. The van der Waals surface area contributed by atoms with Gasteiger partial charge in [0.2, 0.25) is 5.91 Å². The Morgan fingerprint density at radius 2 is 2.16 bits per heavy atom. The summed E-state index contributed by atoms with van der Waals surface area (Å²) in [4.78, 5) is 21.2. The minimum absolute atomic E-state index is 0.0181. The zero-order valence-electron chi connectivity index (χ0n) is 10.8. The number of primary amides is 1. The summed E-state index contributed by atoms with van der Waals surface area (Å²) in [5.74, 6) is -0.836. The number of carbonyl (C=O) groups excluding carboxylic acids is 1. The van der Waals surface area contributed by atoms with Gasteiger partial charge in [0.15, 0.2) is 5.75 Å². The Morgan fingerprint density at radius 3 is 2.63 bits per heavy atom. The minimum Gasteiger partial charge on any atom is -0.502 e. The Balaban J connectivity index is 2.80. The maximum atomic E-state index is 11.2. The Morgan fingerprint density at radius 1 is 1.53 bits per heavy atom.